The van der Waals surface area contributed by atoms with Gasteiger partial charge >= 0.3 is 0 Å². The van der Waals surface area contributed by atoms with Gasteiger partial charge in [-0.15, -0.1) is 0 Å². The molecule has 0 aromatic heterocycles. The van der Waals surface area contributed by atoms with Crippen molar-refractivity contribution in [2.75, 3.05) is 6.54 Å². The van der Waals surface area contributed by atoms with E-state index in [0.29, 0.717) is 5.92 Å². The van der Waals surface area contributed by atoms with Crippen molar-refractivity contribution >= 4 is 0 Å². The van der Waals surface area contributed by atoms with Gasteiger partial charge in [-0.25, -0.2) is 0 Å². The maximum absolute atomic E-state index is 5.77. The smallest absolute Gasteiger partial charge is 0.00712 e. The molecule has 1 aromatic rings. The number of nitrogens with two attached hydrogens (primary N) is 1. The van der Waals surface area contributed by atoms with Crippen LogP contribution in [-0.2, 0) is 0 Å². The van der Waals surface area contributed by atoms with E-state index in [2.05, 4.69) is 45.0 Å². The lowest BCUT2D eigenvalue weighted by Crippen LogP contribution is -2.21. The molecule has 1 unspecified atom stereocenters. The highest BCUT2D eigenvalue weighted by molar-refractivity contribution is 5.29. The van der Waals surface area contributed by atoms with Gasteiger partial charge in [0.15, 0.2) is 0 Å². The van der Waals surface area contributed by atoms with Crippen LogP contribution >= 0.6 is 0 Å². The van der Waals surface area contributed by atoms with Gasteiger partial charge in [0.2, 0.25) is 0 Å². The van der Waals surface area contributed by atoms with Crippen molar-refractivity contribution < 1.29 is 0 Å². The summed E-state index contributed by atoms with van der Waals surface area (Å²) < 4.78 is 0. The predicted octanol–water partition coefficient (Wildman–Crippen LogP) is 4.43. The first-order chi connectivity index (χ1) is 8.52. The summed E-state index contributed by atoms with van der Waals surface area (Å²) in [4.78, 5) is 0. The lowest BCUT2D eigenvalue weighted by atomic mass is 9.73. The zero-order chi connectivity index (χ0) is 13.2. The van der Waals surface area contributed by atoms with Crippen LogP contribution in [0.3, 0.4) is 0 Å². The molecule has 1 aliphatic carbocycles. The quantitative estimate of drug-likeness (QED) is 0.834. The van der Waals surface area contributed by atoms with E-state index in [-0.39, 0.29) is 5.41 Å². The van der Waals surface area contributed by atoms with Crippen LogP contribution < -0.4 is 5.73 Å². The van der Waals surface area contributed by atoms with E-state index in [9.17, 15) is 0 Å². The van der Waals surface area contributed by atoms with E-state index in [4.69, 9.17) is 5.73 Å². The molecule has 1 atom stereocenters. The zero-order valence-corrected chi connectivity index (χ0v) is 12.1. The van der Waals surface area contributed by atoms with Gasteiger partial charge in [-0.05, 0) is 54.2 Å². The minimum atomic E-state index is 0.289. The van der Waals surface area contributed by atoms with E-state index in [0.717, 1.165) is 18.9 Å². The molecule has 0 radical (unpaired) electrons. The molecule has 100 valence electrons. The van der Waals surface area contributed by atoms with Gasteiger partial charge in [-0.3, -0.25) is 0 Å². The molecular formula is C17H27N. The highest BCUT2D eigenvalue weighted by Crippen LogP contribution is 2.40. The zero-order valence-electron chi connectivity index (χ0n) is 12.1. The fraction of sp³-hybridized carbons (Fsp3) is 0.647. The van der Waals surface area contributed by atoms with E-state index >= 15 is 0 Å². The molecular weight excluding hydrogens is 218 g/mol. The Balaban J connectivity index is 2.15. The molecule has 1 heteroatoms. The Bertz CT molecular complexity index is 368. The Morgan fingerprint density at radius 3 is 2.17 bits per heavy atom. The number of rotatable bonds is 4. The summed E-state index contributed by atoms with van der Waals surface area (Å²) in [6.45, 7) is 7.71. The van der Waals surface area contributed by atoms with Crippen LogP contribution in [0.5, 0.6) is 0 Å². The summed E-state index contributed by atoms with van der Waals surface area (Å²) in [6, 6.07) is 9.35. The molecule has 1 saturated carbocycles. The van der Waals surface area contributed by atoms with E-state index in [1.54, 1.807) is 0 Å². The lowest BCUT2D eigenvalue weighted by molar-refractivity contribution is 0.307. The summed E-state index contributed by atoms with van der Waals surface area (Å²) in [6.07, 6.45) is 5.24. The first kappa shape index (κ1) is 13.6. The van der Waals surface area contributed by atoms with Crippen LogP contribution in [0.15, 0.2) is 24.3 Å². The van der Waals surface area contributed by atoms with Crippen molar-refractivity contribution in [1.29, 1.82) is 0 Å². The summed E-state index contributed by atoms with van der Waals surface area (Å²) >= 11 is 0. The lowest BCUT2D eigenvalue weighted by Gasteiger charge is -2.32. The topological polar surface area (TPSA) is 26.0 Å². The van der Waals surface area contributed by atoms with Gasteiger partial charge in [0.1, 0.15) is 0 Å². The van der Waals surface area contributed by atoms with E-state index in [1.807, 2.05) is 0 Å². The summed E-state index contributed by atoms with van der Waals surface area (Å²) in [5, 5.41) is 0. The van der Waals surface area contributed by atoms with Crippen molar-refractivity contribution in [3.8, 4) is 0 Å². The Morgan fingerprint density at radius 2 is 1.78 bits per heavy atom. The molecule has 2 N–H and O–H groups in total. The maximum atomic E-state index is 5.77. The second-order valence-electron chi connectivity index (χ2n) is 6.79. The first-order valence-electron chi connectivity index (χ1n) is 7.32. The van der Waals surface area contributed by atoms with Crippen LogP contribution in [0.1, 0.15) is 69.4 Å². The van der Waals surface area contributed by atoms with Gasteiger partial charge in [0, 0.05) is 0 Å². The molecule has 0 aliphatic heterocycles. The molecule has 0 saturated heterocycles. The largest absolute Gasteiger partial charge is 0.330 e. The van der Waals surface area contributed by atoms with E-state index < -0.39 is 0 Å². The first-order valence-corrected chi connectivity index (χ1v) is 7.32. The molecule has 1 aromatic carbocycles. The highest BCUT2D eigenvalue weighted by Gasteiger charge is 2.26. The van der Waals surface area contributed by atoms with Crippen molar-refractivity contribution in [3.05, 3.63) is 35.4 Å². The third-order valence-corrected chi connectivity index (χ3v) is 4.42. The molecule has 1 fully saturated rings. The average Bonchev–Trinajstić information content (AvgIpc) is 2.23. The number of hydrogen-bond donors (Lipinski definition) is 1. The third-order valence-electron chi connectivity index (χ3n) is 4.42. The van der Waals surface area contributed by atoms with Crippen molar-refractivity contribution in [3.63, 3.8) is 0 Å². The molecule has 1 aliphatic rings. The van der Waals surface area contributed by atoms with Crippen molar-refractivity contribution in [1.82, 2.24) is 0 Å². The summed E-state index contributed by atoms with van der Waals surface area (Å²) in [5.41, 5.74) is 9.05. The van der Waals surface area contributed by atoms with Crippen LogP contribution in [0.2, 0.25) is 0 Å². The second kappa shape index (κ2) is 5.44. The van der Waals surface area contributed by atoms with Crippen LogP contribution in [-0.4, -0.2) is 6.54 Å². The fourth-order valence-electron chi connectivity index (χ4n) is 3.01. The van der Waals surface area contributed by atoms with Gasteiger partial charge in [0.25, 0.3) is 0 Å². The molecule has 18 heavy (non-hydrogen) atoms. The number of hydrogen-bond acceptors (Lipinski definition) is 1. The highest BCUT2D eigenvalue weighted by atomic mass is 14.5. The molecule has 0 spiro atoms. The summed E-state index contributed by atoms with van der Waals surface area (Å²) in [5.74, 6) is 1.40. The SMILES string of the molecule is CC(C)(C)C(CCN)c1ccc(C2CCC2)cc1. The molecule has 0 bridgehead atoms. The van der Waals surface area contributed by atoms with Gasteiger partial charge in [-0.1, -0.05) is 51.5 Å². The van der Waals surface area contributed by atoms with Gasteiger partial charge < -0.3 is 5.73 Å². The Kier molecular flexibility index (Phi) is 4.11. The molecule has 0 heterocycles. The van der Waals surface area contributed by atoms with Crippen LogP contribution in [0.25, 0.3) is 0 Å². The predicted molar refractivity (Wildman–Crippen MR) is 78.9 cm³/mol. The van der Waals surface area contributed by atoms with Gasteiger partial charge in [0.05, 0.1) is 0 Å². The maximum Gasteiger partial charge on any atom is -0.00712 e. The van der Waals surface area contributed by atoms with Crippen LogP contribution in [0, 0.1) is 5.41 Å². The Morgan fingerprint density at radius 1 is 1.17 bits per heavy atom. The summed E-state index contributed by atoms with van der Waals surface area (Å²) in [7, 11) is 0. The minimum Gasteiger partial charge on any atom is -0.330 e. The third kappa shape index (κ3) is 2.95. The monoisotopic (exact) mass is 245 g/mol. The average molecular weight is 245 g/mol. The standard InChI is InChI=1S/C17H27N/c1-17(2,3)16(11-12-18)15-9-7-14(8-10-15)13-5-4-6-13/h7-10,13,16H,4-6,11-12,18H2,1-3H3. The molecule has 0 amide bonds. The van der Waals surface area contributed by atoms with Crippen LogP contribution in [0.4, 0.5) is 0 Å². The minimum absolute atomic E-state index is 0.289. The van der Waals surface area contributed by atoms with Gasteiger partial charge in [-0.2, -0.15) is 0 Å². The Labute approximate surface area is 112 Å². The second-order valence-corrected chi connectivity index (χ2v) is 6.79. The number of benzene rings is 1. The van der Waals surface area contributed by atoms with E-state index in [1.165, 1.54) is 30.4 Å². The fourth-order valence-corrected chi connectivity index (χ4v) is 3.01. The van der Waals surface area contributed by atoms with Crippen molar-refractivity contribution in [2.24, 2.45) is 11.1 Å². The van der Waals surface area contributed by atoms with Crippen molar-refractivity contribution in [2.45, 2.75) is 58.3 Å². The molecule has 1 nitrogen and oxygen atoms in total. The normalized spacial score (nSPS) is 18.4. The molecule has 2 rings (SSSR count). The Hall–Kier alpha value is -0.820.